The lowest BCUT2D eigenvalue weighted by Gasteiger charge is -2.29. The number of carbonyl (C=O) groups is 3. The van der Waals surface area contributed by atoms with Crippen molar-refractivity contribution < 1.29 is 14.4 Å². The topological polar surface area (TPSA) is 116 Å². The van der Waals surface area contributed by atoms with Crippen molar-refractivity contribution in [3.8, 4) is 0 Å². The lowest BCUT2D eigenvalue weighted by molar-refractivity contribution is -0.136. The maximum atomic E-state index is 13.1. The molecule has 3 N–H and O–H groups in total. The smallest absolute Gasteiger partial charge is 0.255 e. The molecule has 2 saturated heterocycles. The van der Waals surface area contributed by atoms with Crippen LogP contribution in [-0.2, 0) is 22.7 Å². The molecule has 0 saturated carbocycles. The molecule has 2 aromatic rings. The molecule has 160 valence electrons. The minimum Gasteiger partial charge on any atom is -0.364 e. The number of piperidine rings is 1. The van der Waals surface area contributed by atoms with Crippen molar-refractivity contribution in [2.45, 2.75) is 50.9 Å². The molecule has 1 aromatic heterocycles. The highest BCUT2D eigenvalue weighted by Crippen LogP contribution is 2.30. The summed E-state index contributed by atoms with van der Waals surface area (Å²) < 4.78 is 0. The Balaban J connectivity index is 1.29. The minimum absolute atomic E-state index is 0.171. The second-order valence-electron chi connectivity index (χ2n) is 8.20. The van der Waals surface area contributed by atoms with E-state index in [1.54, 1.807) is 4.90 Å². The molecule has 0 bridgehead atoms. The van der Waals surface area contributed by atoms with Crippen LogP contribution in [0.4, 0.5) is 5.82 Å². The minimum atomic E-state index is -0.610. The number of nitrogens with one attached hydrogen (secondary N) is 3. The van der Waals surface area contributed by atoms with Gasteiger partial charge in [0.1, 0.15) is 11.9 Å². The zero-order valence-electron chi connectivity index (χ0n) is 17.1. The molecule has 2 unspecified atom stereocenters. The highest BCUT2D eigenvalue weighted by atomic mass is 16.2. The Hall–Kier alpha value is -3.33. The van der Waals surface area contributed by atoms with Gasteiger partial charge in [0, 0.05) is 25.1 Å². The molecule has 2 atom stereocenters. The lowest BCUT2D eigenvalue weighted by Crippen LogP contribution is -2.52. The third-order valence-corrected chi connectivity index (χ3v) is 6.20. The van der Waals surface area contributed by atoms with Crippen molar-refractivity contribution in [1.29, 1.82) is 0 Å². The van der Waals surface area contributed by atoms with Gasteiger partial charge in [-0.15, -0.1) is 5.10 Å². The summed E-state index contributed by atoms with van der Waals surface area (Å²) in [4.78, 5) is 38.4. The normalized spacial score (nSPS) is 23.1. The number of imide groups is 1. The SMILES string of the molecule is O=C1CCC(N2Cc3cccc(CNc4ccc(C5CCCN5)nn4)c3C2=O)C(=O)N1. The van der Waals surface area contributed by atoms with Crippen LogP contribution in [0.3, 0.4) is 0 Å². The van der Waals surface area contributed by atoms with Crippen molar-refractivity contribution >= 4 is 23.5 Å². The van der Waals surface area contributed by atoms with Crippen LogP contribution in [0.25, 0.3) is 0 Å². The Morgan fingerprint density at radius 1 is 1.10 bits per heavy atom. The van der Waals surface area contributed by atoms with E-state index in [0.29, 0.717) is 30.9 Å². The van der Waals surface area contributed by atoms with Gasteiger partial charge in [0.25, 0.3) is 5.91 Å². The molecule has 4 heterocycles. The van der Waals surface area contributed by atoms with Crippen LogP contribution in [0.15, 0.2) is 30.3 Å². The van der Waals surface area contributed by atoms with Crippen molar-refractivity contribution in [2.24, 2.45) is 0 Å². The van der Waals surface area contributed by atoms with Crippen molar-refractivity contribution in [2.75, 3.05) is 11.9 Å². The van der Waals surface area contributed by atoms with Crippen LogP contribution < -0.4 is 16.0 Å². The standard InChI is InChI=1S/C22H24N6O3/c29-19-9-7-17(21(30)25-19)28-12-14-4-1-3-13(20(14)22(28)31)11-24-18-8-6-16(26-27-18)15-5-2-10-23-15/h1,3-4,6,8,15,17,23H,2,5,7,9-12H2,(H,24,27)(H,25,29,30). The summed E-state index contributed by atoms with van der Waals surface area (Å²) in [6, 6.07) is 9.27. The first kappa shape index (κ1) is 19.6. The average Bonchev–Trinajstić information content (AvgIpc) is 3.42. The Bertz CT molecular complexity index is 1030. The van der Waals surface area contributed by atoms with Crippen LogP contribution in [0, 0.1) is 0 Å². The molecular weight excluding hydrogens is 396 g/mol. The summed E-state index contributed by atoms with van der Waals surface area (Å²) >= 11 is 0. The predicted octanol–water partition coefficient (Wildman–Crippen LogP) is 1.27. The molecule has 31 heavy (non-hydrogen) atoms. The Morgan fingerprint density at radius 3 is 2.74 bits per heavy atom. The zero-order valence-corrected chi connectivity index (χ0v) is 17.1. The van der Waals surface area contributed by atoms with Gasteiger partial charge < -0.3 is 15.5 Å². The van der Waals surface area contributed by atoms with Gasteiger partial charge in [-0.2, -0.15) is 5.10 Å². The van der Waals surface area contributed by atoms with Crippen LogP contribution in [0.5, 0.6) is 0 Å². The van der Waals surface area contributed by atoms with E-state index in [1.165, 1.54) is 0 Å². The fourth-order valence-corrected chi connectivity index (χ4v) is 4.58. The summed E-state index contributed by atoms with van der Waals surface area (Å²) in [5.41, 5.74) is 3.31. The van der Waals surface area contributed by atoms with E-state index < -0.39 is 11.9 Å². The number of anilines is 1. The fourth-order valence-electron chi connectivity index (χ4n) is 4.58. The molecule has 3 aliphatic heterocycles. The average molecular weight is 420 g/mol. The van der Waals surface area contributed by atoms with Crippen molar-refractivity contribution in [3.63, 3.8) is 0 Å². The molecule has 3 amide bonds. The van der Waals surface area contributed by atoms with Gasteiger partial charge in [0.15, 0.2) is 0 Å². The first-order chi connectivity index (χ1) is 15.1. The molecule has 9 nitrogen and oxygen atoms in total. The number of amides is 3. The van der Waals surface area contributed by atoms with E-state index in [-0.39, 0.29) is 24.3 Å². The fraction of sp³-hybridized carbons (Fsp3) is 0.409. The van der Waals surface area contributed by atoms with Crippen LogP contribution >= 0.6 is 0 Å². The second kappa shape index (κ2) is 8.07. The van der Waals surface area contributed by atoms with Crippen LogP contribution in [0.2, 0.25) is 0 Å². The number of hydrogen-bond acceptors (Lipinski definition) is 7. The van der Waals surface area contributed by atoms with Crippen molar-refractivity contribution in [1.82, 2.24) is 25.7 Å². The molecule has 0 aliphatic carbocycles. The summed E-state index contributed by atoms with van der Waals surface area (Å²) in [5.74, 6) is -0.210. The van der Waals surface area contributed by atoms with E-state index in [9.17, 15) is 14.4 Å². The molecule has 3 aliphatic rings. The number of hydrogen-bond donors (Lipinski definition) is 3. The number of aromatic nitrogens is 2. The van der Waals surface area contributed by atoms with Gasteiger partial charge in [-0.3, -0.25) is 19.7 Å². The molecule has 0 radical (unpaired) electrons. The molecule has 2 fully saturated rings. The first-order valence-electron chi connectivity index (χ1n) is 10.7. The Labute approximate surface area is 179 Å². The van der Waals surface area contributed by atoms with Crippen LogP contribution in [-0.4, -0.2) is 45.4 Å². The number of fused-ring (bicyclic) bond motifs is 1. The largest absolute Gasteiger partial charge is 0.364 e. The number of rotatable bonds is 5. The quantitative estimate of drug-likeness (QED) is 0.624. The monoisotopic (exact) mass is 420 g/mol. The van der Waals surface area contributed by atoms with E-state index in [0.717, 1.165) is 36.2 Å². The van der Waals surface area contributed by atoms with E-state index in [1.807, 2.05) is 30.3 Å². The van der Waals surface area contributed by atoms with Crippen LogP contribution in [0.1, 0.15) is 58.9 Å². The summed E-state index contributed by atoms with van der Waals surface area (Å²) in [6.45, 7) is 1.81. The van der Waals surface area contributed by atoms with Crippen molar-refractivity contribution in [3.05, 3.63) is 52.7 Å². The third-order valence-electron chi connectivity index (χ3n) is 6.20. The summed E-state index contributed by atoms with van der Waals surface area (Å²) in [6.07, 6.45) is 2.82. The Morgan fingerprint density at radius 2 is 2.00 bits per heavy atom. The number of benzene rings is 1. The van der Waals surface area contributed by atoms with Gasteiger partial charge in [0.05, 0.1) is 11.7 Å². The highest BCUT2D eigenvalue weighted by molar-refractivity contribution is 6.06. The van der Waals surface area contributed by atoms with E-state index in [2.05, 4.69) is 26.1 Å². The summed E-state index contributed by atoms with van der Waals surface area (Å²) in [7, 11) is 0. The molecule has 5 rings (SSSR count). The highest BCUT2D eigenvalue weighted by Gasteiger charge is 2.39. The summed E-state index contributed by atoms with van der Waals surface area (Å²) in [5, 5.41) is 17.6. The second-order valence-corrected chi connectivity index (χ2v) is 8.20. The third kappa shape index (κ3) is 3.76. The van der Waals surface area contributed by atoms with Gasteiger partial charge in [-0.1, -0.05) is 18.2 Å². The molecule has 0 spiro atoms. The number of nitrogens with zero attached hydrogens (tertiary/aromatic N) is 3. The molecular formula is C22H24N6O3. The van der Waals surface area contributed by atoms with Gasteiger partial charge in [0.2, 0.25) is 11.8 Å². The van der Waals surface area contributed by atoms with E-state index in [4.69, 9.17) is 0 Å². The molecule has 1 aromatic carbocycles. The van der Waals surface area contributed by atoms with E-state index >= 15 is 0 Å². The first-order valence-corrected chi connectivity index (χ1v) is 10.7. The maximum absolute atomic E-state index is 13.1. The maximum Gasteiger partial charge on any atom is 0.255 e. The van der Waals surface area contributed by atoms with Gasteiger partial charge in [-0.05, 0) is 49.1 Å². The predicted molar refractivity (Wildman–Crippen MR) is 112 cm³/mol. The zero-order chi connectivity index (χ0) is 21.4. The number of carbonyl (C=O) groups excluding carboxylic acids is 3. The van der Waals surface area contributed by atoms with Gasteiger partial charge in [-0.25, -0.2) is 0 Å². The lowest BCUT2D eigenvalue weighted by atomic mass is 10.0. The van der Waals surface area contributed by atoms with Gasteiger partial charge >= 0.3 is 0 Å². The Kier molecular flexibility index (Phi) is 5.11. The molecule has 9 heteroatoms.